The summed E-state index contributed by atoms with van der Waals surface area (Å²) in [7, 11) is 0. The summed E-state index contributed by atoms with van der Waals surface area (Å²) >= 11 is 6.00. The van der Waals surface area contributed by atoms with E-state index in [1.807, 2.05) is 19.1 Å². The number of ether oxygens (including phenoxy) is 1. The summed E-state index contributed by atoms with van der Waals surface area (Å²) in [6.07, 6.45) is 0. The minimum atomic E-state index is -0.602. The van der Waals surface area contributed by atoms with Crippen molar-refractivity contribution >= 4 is 23.5 Å². The summed E-state index contributed by atoms with van der Waals surface area (Å²) < 4.78 is 5.14. The number of hydrogen-bond acceptors (Lipinski definition) is 3. The van der Waals surface area contributed by atoms with Crippen LogP contribution in [0.5, 0.6) is 0 Å². The predicted octanol–water partition coefficient (Wildman–Crippen LogP) is 1.90. The van der Waals surface area contributed by atoms with Gasteiger partial charge in [0.05, 0.1) is 6.61 Å². The van der Waals surface area contributed by atoms with Crippen LogP contribution >= 0.6 is 11.6 Å². The molecule has 0 fully saturated rings. The molecule has 1 aromatic carbocycles. The van der Waals surface area contributed by atoms with Crippen molar-refractivity contribution in [2.24, 2.45) is 4.99 Å². The van der Waals surface area contributed by atoms with Crippen LogP contribution in [0.3, 0.4) is 0 Å². The zero-order chi connectivity index (χ0) is 11.5. The van der Waals surface area contributed by atoms with Crippen molar-refractivity contribution in [2.75, 3.05) is 6.61 Å². The van der Waals surface area contributed by atoms with Crippen molar-refractivity contribution in [1.29, 1.82) is 0 Å². The van der Waals surface area contributed by atoms with E-state index in [2.05, 4.69) is 10.3 Å². The molecule has 0 bridgehead atoms. The van der Waals surface area contributed by atoms with E-state index in [-0.39, 0.29) is 11.9 Å². The van der Waals surface area contributed by atoms with Gasteiger partial charge in [-0.2, -0.15) is 0 Å². The van der Waals surface area contributed by atoms with Crippen LogP contribution in [0, 0.1) is 0 Å². The second kappa shape index (κ2) is 4.53. The van der Waals surface area contributed by atoms with E-state index in [4.69, 9.17) is 16.3 Å². The summed E-state index contributed by atoms with van der Waals surface area (Å²) in [5.41, 5.74) is 0.691. The predicted molar refractivity (Wildman–Crippen MR) is 61.4 cm³/mol. The van der Waals surface area contributed by atoms with E-state index in [1.165, 1.54) is 0 Å². The zero-order valence-electron chi connectivity index (χ0n) is 8.74. The Labute approximate surface area is 98.3 Å². The summed E-state index contributed by atoms with van der Waals surface area (Å²) in [5, 5.41) is 3.09. The Morgan fingerprint density at radius 1 is 1.50 bits per heavy atom. The Morgan fingerprint density at radius 2 is 2.25 bits per heavy atom. The number of halogens is 1. The first-order valence-corrected chi connectivity index (χ1v) is 5.36. The van der Waals surface area contributed by atoms with E-state index in [9.17, 15) is 4.79 Å². The fraction of sp³-hybridized carbons (Fsp3) is 0.273. The third kappa shape index (κ3) is 2.02. The molecule has 2 rings (SSSR count). The monoisotopic (exact) mass is 238 g/mol. The number of carbonyl (C=O) groups excluding carboxylic acids is 1. The highest BCUT2D eigenvalue weighted by Crippen LogP contribution is 2.27. The molecule has 1 heterocycles. The van der Waals surface area contributed by atoms with Crippen LogP contribution in [0.25, 0.3) is 0 Å². The number of amidine groups is 1. The Bertz CT molecular complexity index is 445. The standard InChI is InChI=1S/C11H11ClN2O2/c1-2-16-11-13-9(10(15)14-11)7-5-3-4-6-8(7)12/h3-6,9H,2H2,1H3,(H,13,14,15). The Balaban J connectivity index is 2.28. The molecule has 1 aliphatic rings. The van der Waals surface area contributed by atoms with Gasteiger partial charge in [0, 0.05) is 10.6 Å². The van der Waals surface area contributed by atoms with Gasteiger partial charge in [0.25, 0.3) is 11.9 Å². The van der Waals surface area contributed by atoms with E-state index in [1.54, 1.807) is 12.1 Å². The average molecular weight is 239 g/mol. The van der Waals surface area contributed by atoms with Gasteiger partial charge in [-0.05, 0) is 13.0 Å². The summed E-state index contributed by atoms with van der Waals surface area (Å²) in [6, 6.07) is 6.81. The fourth-order valence-corrected chi connectivity index (χ4v) is 1.74. The third-order valence-corrected chi connectivity index (χ3v) is 2.55. The van der Waals surface area contributed by atoms with Crippen LogP contribution in [-0.4, -0.2) is 18.5 Å². The summed E-state index contributed by atoms with van der Waals surface area (Å²) in [4.78, 5) is 15.8. The Kier molecular flexibility index (Phi) is 3.10. The number of nitrogens with zero attached hydrogens (tertiary/aromatic N) is 1. The van der Waals surface area contributed by atoms with Crippen molar-refractivity contribution < 1.29 is 9.53 Å². The Morgan fingerprint density at radius 3 is 2.94 bits per heavy atom. The maximum atomic E-state index is 11.6. The van der Waals surface area contributed by atoms with E-state index in [0.717, 1.165) is 0 Å². The average Bonchev–Trinajstić information content (AvgIpc) is 2.61. The van der Waals surface area contributed by atoms with Crippen LogP contribution < -0.4 is 5.32 Å². The molecular formula is C11H11ClN2O2. The van der Waals surface area contributed by atoms with Gasteiger partial charge in [0.15, 0.2) is 6.04 Å². The van der Waals surface area contributed by atoms with Crippen LogP contribution in [0.2, 0.25) is 5.02 Å². The maximum absolute atomic E-state index is 11.6. The first-order valence-electron chi connectivity index (χ1n) is 4.98. The number of benzene rings is 1. The number of carbonyl (C=O) groups is 1. The van der Waals surface area contributed by atoms with E-state index < -0.39 is 6.04 Å². The molecule has 1 aliphatic heterocycles. The van der Waals surface area contributed by atoms with Gasteiger partial charge < -0.3 is 4.74 Å². The second-order valence-electron chi connectivity index (χ2n) is 3.28. The molecule has 0 radical (unpaired) electrons. The van der Waals surface area contributed by atoms with Gasteiger partial charge in [-0.3, -0.25) is 10.1 Å². The molecule has 1 unspecified atom stereocenters. The Hall–Kier alpha value is -1.55. The third-order valence-electron chi connectivity index (χ3n) is 2.21. The fourth-order valence-electron chi connectivity index (χ4n) is 1.50. The zero-order valence-corrected chi connectivity index (χ0v) is 9.49. The van der Waals surface area contributed by atoms with Gasteiger partial charge in [0.2, 0.25) is 0 Å². The number of hydrogen-bond donors (Lipinski definition) is 1. The minimum absolute atomic E-state index is 0.212. The highest BCUT2D eigenvalue weighted by molar-refractivity contribution is 6.31. The quantitative estimate of drug-likeness (QED) is 0.856. The van der Waals surface area contributed by atoms with Crippen molar-refractivity contribution in [3.8, 4) is 0 Å². The van der Waals surface area contributed by atoms with Gasteiger partial charge in [-0.25, -0.2) is 4.99 Å². The van der Waals surface area contributed by atoms with Crippen molar-refractivity contribution in [3.63, 3.8) is 0 Å². The number of rotatable bonds is 2. The van der Waals surface area contributed by atoms with E-state index >= 15 is 0 Å². The first kappa shape index (κ1) is 11.0. The molecule has 84 valence electrons. The van der Waals surface area contributed by atoms with Crippen molar-refractivity contribution in [1.82, 2.24) is 5.32 Å². The number of amides is 1. The largest absolute Gasteiger partial charge is 0.465 e. The molecule has 0 spiro atoms. The lowest BCUT2D eigenvalue weighted by Crippen LogP contribution is -2.27. The summed E-state index contributed by atoms with van der Waals surface area (Å²) in [6.45, 7) is 2.30. The summed E-state index contributed by atoms with van der Waals surface area (Å²) in [5.74, 6) is -0.212. The number of aliphatic imine (C=N–C) groups is 1. The normalized spacial score (nSPS) is 19.2. The van der Waals surface area contributed by atoms with Gasteiger partial charge in [-0.15, -0.1) is 0 Å². The van der Waals surface area contributed by atoms with Gasteiger partial charge in [0.1, 0.15) is 0 Å². The van der Waals surface area contributed by atoms with Gasteiger partial charge in [-0.1, -0.05) is 29.8 Å². The lowest BCUT2D eigenvalue weighted by atomic mass is 10.1. The maximum Gasteiger partial charge on any atom is 0.292 e. The minimum Gasteiger partial charge on any atom is -0.465 e. The molecule has 0 saturated carbocycles. The second-order valence-corrected chi connectivity index (χ2v) is 3.69. The van der Waals surface area contributed by atoms with Crippen LogP contribution in [0.1, 0.15) is 18.5 Å². The highest BCUT2D eigenvalue weighted by atomic mass is 35.5. The topological polar surface area (TPSA) is 50.7 Å². The molecule has 1 aromatic rings. The van der Waals surface area contributed by atoms with E-state index in [0.29, 0.717) is 17.2 Å². The SMILES string of the molecule is CCOC1=NC(c2ccccc2Cl)C(=O)N1. The molecule has 16 heavy (non-hydrogen) atoms. The van der Waals surface area contributed by atoms with Gasteiger partial charge >= 0.3 is 0 Å². The molecule has 1 N–H and O–H groups in total. The molecule has 0 aliphatic carbocycles. The lowest BCUT2D eigenvalue weighted by molar-refractivity contribution is -0.120. The van der Waals surface area contributed by atoms with Crippen LogP contribution in [0.4, 0.5) is 0 Å². The molecule has 5 heteroatoms. The lowest BCUT2D eigenvalue weighted by Gasteiger charge is -2.05. The van der Waals surface area contributed by atoms with Crippen molar-refractivity contribution in [3.05, 3.63) is 34.9 Å². The highest BCUT2D eigenvalue weighted by Gasteiger charge is 2.29. The molecular weight excluding hydrogens is 228 g/mol. The van der Waals surface area contributed by atoms with Crippen LogP contribution in [0.15, 0.2) is 29.3 Å². The molecule has 1 amide bonds. The molecule has 1 atom stereocenters. The number of nitrogens with one attached hydrogen (secondary N) is 1. The molecule has 0 saturated heterocycles. The smallest absolute Gasteiger partial charge is 0.292 e. The van der Waals surface area contributed by atoms with Crippen molar-refractivity contribution in [2.45, 2.75) is 13.0 Å². The first-order chi connectivity index (χ1) is 7.72. The molecule has 0 aromatic heterocycles. The van der Waals surface area contributed by atoms with Crippen LogP contribution in [-0.2, 0) is 9.53 Å². The molecule has 4 nitrogen and oxygen atoms in total.